The summed E-state index contributed by atoms with van der Waals surface area (Å²) in [6, 6.07) is -1.01. The Morgan fingerprint density at radius 3 is 2.48 bits per heavy atom. The van der Waals surface area contributed by atoms with Gasteiger partial charge in [0.25, 0.3) is 11.8 Å². The van der Waals surface area contributed by atoms with Gasteiger partial charge in [-0.3, -0.25) is 19.9 Å². The maximum absolute atomic E-state index is 12.9. The van der Waals surface area contributed by atoms with Crippen molar-refractivity contribution in [1.29, 1.82) is 5.41 Å². The fourth-order valence-corrected chi connectivity index (χ4v) is 7.97. The lowest BCUT2D eigenvalue weighted by atomic mass is 10.0. The standard InChI is InChI=1S/C17H16N8O5S5.C2HF3O2/c18-16(19)32-2-6-15(34-4-21-6)35-7-3-31-13-9(12(27)25(13)10(7)14(28)29)23-11(26)8(24-30)5-1-33-17(20)22-5;3-2(4,5)1(6)7/h1,4,9,13,30H,2-3H2,(H3,18,19)(H2,20,22)(H,23,26)(H,28,29);(H,6,7)/b24-8-;/t9-,13-;/m1./s1. The van der Waals surface area contributed by atoms with Gasteiger partial charge in [-0.1, -0.05) is 28.7 Å². The Labute approximate surface area is 253 Å². The number of oxime groups is 1. The topological polar surface area (TPSA) is 258 Å². The summed E-state index contributed by atoms with van der Waals surface area (Å²) in [5, 5.41) is 40.0. The van der Waals surface area contributed by atoms with E-state index in [9.17, 15) is 37.9 Å². The number of alkyl halides is 3. The lowest BCUT2D eigenvalue weighted by molar-refractivity contribution is -0.192. The number of carboxylic acid groups (broad SMARTS) is 2. The largest absolute Gasteiger partial charge is 0.490 e. The highest BCUT2D eigenvalue weighted by Crippen LogP contribution is 2.46. The predicted octanol–water partition coefficient (Wildman–Crippen LogP) is 1.61. The smallest absolute Gasteiger partial charge is 0.477 e. The predicted molar refractivity (Wildman–Crippen MR) is 149 cm³/mol. The number of fused-ring (bicyclic) bond motifs is 1. The summed E-state index contributed by atoms with van der Waals surface area (Å²) in [7, 11) is 0. The molecule has 0 saturated carbocycles. The molecule has 0 aromatic carbocycles. The van der Waals surface area contributed by atoms with Crippen LogP contribution in [0, 0.1) is 5.41 Å². The second-order valence-electron chi connectivity index (χ2n) is 7.60. The SMILES string of the molecule is N=C(N)SCc1ncsc1SC1=C(C(=O)O)N2C(=O)[C@@H](NC(=O)/C(=N\O)c3csc(N)n3)[C@H]2SC1.O=C(O)C(F)(F)F. The summed E-state index contributed by atoms with van der Waals surface area (Å²) in [6.45, 7) is 0. The molecule has 0 bridgehead atoms. The van der Waals surface area contributed by atoms with Crippen LogP contribution in [-0.4, -0.2) is 88.3 Å². The third-order valence-electron chi connectivity index (χ3n) is 4.93. The van der Waals surface area contributed by atoms with Crippen LogP contribution in [0.15, 0.2) is 30.9 Å². The van der Waals surface area contributed by atoms with Crippen molar-refractivity contribution < 1.29 is 47.8 Å². The first kappa shape index (κ1) is 33.0. The number of carbonyl (C=O) groups is 4. The Morgan fingerprint density at radius 2 is 1.95 bits per heavy atom. The van der Waals surface area contributed by atoms with E-state index in [1.807, 2.05) is 0 Å². The van der Waals surface area contributed by atoms with Crippen molar-refractivity contribution in [3.8, 4) is 0 Å². The first-order valence-electron chi connectivity index (χ1n) is 10.7. The molecule has 4 heterocycles. The number of hydrogen-bond acceptors (Lipinski definition) is 15. The number of amidine groups is 1. The van der Waals surface area contributed by atoms with Gasteiger partial charge in [-0.2, -0.15) is 13.2 Å². The van der Waals surface area contributed by atoms with E-state index < -0.39 is 47.1 Å². The van der Waals surface area contributed by atoms with E-state index in [1.165, 1.54) is 40.2 Å². The zero-order valence-electron chi connectivity index (χ0n) is 20.3. The summed E-state index contributed by atoms with van der Waals surface area (Å²) < 4.78 is 32.5. The van der Waals surface area contributed by atoms with Gasteiger partial charge in [-0.05, 0) is 0 Å². The summed E-state index contributed by atoms with van der Waals surface area (Å²) >= 11 is 5.99. The van der Waals surface area contributed by atoms with Crippen molar-refractivity contribution in [2.75, 3.05) is 11.5 Å². The Kier molecular flexibility index (Phi) is 10.7. The highest BCUT2D eigenvalue weighted by Gasteiger charge is 2.54. The number of aliphatic carboxylic acids is 2. The van der Waals surface area contributed by atoms with Gasteiger partial charge in [0.05, 0.1) is 15.4 Å². The molecule has 0 spiro atoms. The molecule has 1 saturated heterocycles. The van der Waals surface area contributed by atoms with Crippen LogP contribution >= 0.6 is 58.0 Å². The third-order valence-corrected chi connectivity index (χ3v) is 10.00. The maximum atomic E-state index is 12.9. The Hall–Kier alpha value is -3.54. The average Bonchev–Trinajstić information content (AvgIpc) is 3.54. The summed E-state index contributed by atoms with van der Waals surface area (Å²) in [6.07, 6.45) is -5.08. The third kappa shape index (κ3) is 7.64. The number of nitrogen functional groups attached to an aromatic ring is 1. The number of β-lactam (4-membered cyclic amide) rings is 1. The molecule has 226 valence electrons. The molecule has 2 aromatic rings. The first-order chi connectivity index (χ1) is 19.6. The number of nitrogens with two attached hydrogens (primary N) is 2. The molecular weight excluding hydrogens is 670 g/mol. The number of halogens is 3. The van der Waals surface area contributed by atoms with Gasteiger partial charge in [-0.25, -0.2) is 19.6 Å². The van der Waals surface area contributed by atoms with Crippen molar-refractivity contribution in [2.24, 2.45) is 10.9 Å². The van der Waals surface area contributed by atoms with Gasteiger partial charge in [0, 0.05) is 21.8 Å². The van der Waals surface area contributed by atoms with Gasteiger partial charge in [0.1, 0.15) is 22.8 Å². The number of carboxylic acids is 2. The molecule has 0 unspecified atom stereocenters. The van der Waals surface area contributed by atoms with Crippen LogP contribution in [0.3, 0.4) is 0 Å². The fourth-order valence-electron chi connectivity index (χ4n) is 3.18. The molecular formula is C19H17F3N8O7S5. The van der Waals surface area contributed by atoms with Crippen molar-refractivity contribution in [3.05, 3.63) is 32.9 Å². The molecule has 4 rings (SSSR count). The van der Waals surface area contributed by atoms with E-state index in [1.54, 1.807) is 5.51 Å². The number of nitrogens with one attached hydrogen (secondary N) is 2. The van der Waals surface area contributed by atoms with Crippen LogP contribution < -0.4 is 16.8 Å². The Bertz CT molecular complexity index is 1480. The maximum Gasteiger partial charge on any atom is 0.490 e. The summed E-state index contributed by atoms with van der Waals surface area (Å²) in [4.78, 5) is 56.3. The quantitative estimate of drug-likeness (QED) is 0.0685. The molecule has 2 aliphatic rings. The molecule has 42 heavy (non-hydrogen) atoms. The van der Waals surface area contributed by atoms with E-state index in [0.717, 1.165) is 32.2 Å². The first-order valence-corrected chi connectivity index (χ1v) is 15.3. The number of hydrogen-bond donors (Lipinski definition) is 7. The normalized spacial score (nSPS) is 18.4. The molecule has 15 nitrogen and oxygen atoms in total. The van der Waals surface area contributed by atoms with Gasteiger partial charge >= 0.3 is 18.1 Å². The lowest BCUT2D eigenvalue weighted by Gasteiger charge is -2.49. The van der Waals surface area contributed by atoms with E-state index in [4.69, 9.17) is 26.8 Å². The minimum Gasteiger partial charge on any atom is -0.477 e. The van der Waals surface area contributed by atoms with Crippen LogP contribution in [0.2, 0.25) is 0 Å². The van der Waals surface area contributed by atoms with Crippen LogP contribution in [0.4, 0.5) is 18.3 Å². The molecule has 2 amide bonds. The Morgan fingerprint density at radius 1 is 1.29 bits per heavy atom. The van der Waals surface area contributed by atoms with Gasteiger partial charge < -0.3 is 32.2 Å². The number of rotatable bonds is 8. The highest BCUT2D eigenvalue weighted by atomic mass is 32.2. The zero-order valence-corrected chi connectivity index (χ0v) is 24.4. The van der Waals surface area contributed by atoms with E-state index in [0.29, 0.717) is 16.4 Å². The molecule has 9 N–H and O–H groups in total. The number of aromatic nitrogens is 2. The van der Waals surface area contributed by atoms with Crippen LogP contribution in [-0.2, 0) is 24.9 Å². The Balaban J connectivity index is 0.000000616. The van der Waals surface area contributed by atoms with Crippen molar-refractivity contribution >= 4 is 97.7 Å². The fraction of sp³-hybridized carbons (Fsp3) is 0.263. The van der Waals surface area contributed by atoms with Crippen molar-refractivity contribution in [1.82, 2.24) is 20.2 Å². The van der Waals surface area contributed by atoms with Crippen LogP contribution in [0.1, 0.15) is 11.4 Å². The number of nitrogens with zero attached hydrogens (tertiary/aromatic N) is 4. The highest BCUT2D eigenvalue weighted by molar-refractivity contribution is 8.13. The number of thioether (sulfide) groups is 3. The van der Waals surface area contributed by atoms with E-state index in [2.05, 4.69) is 20.4 Å². The minimum atomic E-state index is -5.08. The number of thiazole rings is 2. The number of anilines is 1. The molecule has 23 heteroatoms. The summed E-state index contributed by atoms with van der Waals surface area (Å²) in [5.41, 5.74) is 12.7. The molecule has 2 aliphatic heterocycles. The lowest BCUT2D eigenvalue weighted by Crippen LogP contribution is -2.71. The second-order valence-corrected chi connectivity index (χ2v) is 12.8. The number of amides is 2. The number of carbonyl (C=O) groups excluding carboxylic acids is 2. The monoisotopic (exact) mass is 686 g/mol. The molecule has 0 aliphatic carbocycles. The van der Waals surface area contributed by atoms with Crippen LogP contribution in [0.5, 0.6) is 0 Å². The van der Waals surface area contributed by atoms with Crippen LogP contribution in [0.25, 0.3) is 0 Å². The van der Waals surface area contributed by atoms with Crippen molar-refractivity contribution in [2.45, 2.75) is 27.6 Å². The van der Waals surface area contributed by atoms with Gasteiger partial charge in [0.15, 0.2) is 16.0 Å². The minimum absolute atomic E-state index is 0.0534. The molecule has 2 aromatic heterocycles. The van der Waals surface area contributed by atoms with Gasteiger partial charge in [-0.15, -0.1) is 34.4 Å². The second kappa shape index (κ2) is 13.6. The summed E-state index contributed by atoms with van der Waals surface area (Å²) in [5.74, 6) is -4.81. The molecule has 1 fully saturated rings. The zero-order chi connectivity index (χ0) is 31.4. The van der Waals surface area contributed by atoms with E-state index >= 15 is 0 Å². The van der Waals surface area contributed by atoms with Crippen molar-refractivity contribution in [3.63, 3.8) is 0 Å². The average molecular weight is 687 g/mol. The van der Waals surface area contributed by atoms with Gasteiger partial charge in [0.2, 0.25) is 0 Å². The molecule has 2 atom stereocenters. The molecule has 0 radical (unpaired) electrons. The van der Waals surface area contributed by atoms with E-state index in [-0.39, 0.29) is 27.4 Å².